The van der Waals surface area contributed by atoms with Crippen LogP contribution in [0.5, 0.6) is 0 Å². The predicted molar refractivity (Wildman–Crippen MR) is 159 cm³/mol. The second-order valence-corrected chi connectivity index (χ2v) is 17.0. The van der Waals surface area contributed by atoms with E-state index in [1.807, 2.05) is 6.92 Å². The lowest BCUT2D eigenvalue weighted by Crippen LogP contribution is -2.67. The van der Waals surface area contributed by atoms with Crippen LogP contribution in [0.3, 0.4) is 0 Å². The van der Waals surface area contributed by atoms with Crippen molar-refractivity contribution in [1.29, 1.82) is 0 Å². The van der Waals surface area contributed by atoms with Crippen LogP contribution in [0.15, 0.2) is 11.6 Å². The standard InChI is InChI=1S/C35H56N2O3/c1-9-40-37(22-10-11-22)29(39)32(5)17-16-31(4)18-19-34(7)23(24(31)21-32)20-25(38)28-33(6)14-13-27(36)30(2,3)26(33)12-15-35(28,34)8/h20,22,24,26-28H,9-19,21,36H2,1-8H3/t24-,26?,27-,28+,31+,32-,33-,34+,35+/m0/s1. The largest absolute Gasteiger partial charge is 0.327 e. The minimum Gasteiger partial charge on any atom is -0.327 e. The molecule has 6 rings (SSSR count). The van der Waals surface area contributed by atoms with Gasteiger partial charge < -0.3 is 5.73 Å². The van der Waals surface area contributed by atoms with Crippen molar-refractivity contribution < 1.29 is 14.4 Å². The molecule has 0 saturated heterocycles. The zero-order valence-corrected chi connectivity index (χ0v) is 26.7. The molecule has 224 valence electrons. The first-order valence-corrected chi connectivity index (χ1v) is 16.6. The minimum absolute atomic E-state index is 0.0193. The lowest BCUT2D eigenvalue weighted by Gasteiger charge is -2.70. The summed E-state index contributed by atoms with van der Waals surface area (Å²) in [6, 6.07) is 0.447. The third kappa shape index (κ3) is 3.71. The van der Waals surface area contributed by atoms with Crippen molar-refractivity contribution in [2.45, 2.75) is 138 Å². The molecule has 40 heavy (non-hydrogen) atoms. The Bertz CT molecular complexity index is 1130. The monoisotopic (exact) mass is 552 g/mol. The van der Waals surface area contributed by atoms with Gasteiger partial charge in [0, 0.05) is 17.4 Å². The number of fused-ring (bicyclic) bond motifs is 7. The average molecular weight is 553 g/mol. The van der Waals surface area contributed by atoms with E-state index in [1.165, 1.54) is 12.0 Å². The molecule has 0 aromatic heterocycles. The summed E-state index contributed by atoms with van der Waals surface area (Å²) in [5.41, 5.74) is 7.72. The SMILES string of the molecule is CCON(C(=O)[C@@]1(C)CC[C@]2(C)CC[C@]3(C)C(=CC(=O)[C@@H]4[C@@]5(C)CC[C@H](N)C(C)(C)C5CC[C@]43C)[C@@H]2C1)C1CC1. The first-order valence-electron chi connectivity index (χ1n) is 16.6. The maximum atomic E-state index is 14.5. The van der Waals surface area contributed by atoms with Gasteiger partial charge >= 0.3 is 0 Å². The molecule has 5 fully saturated rings. The van der Waals surface area contributed by atoms with E-state index >= 15 is 0 Å². The number of allylic oxidation sites excluding steroid dienone is 2. The molecule has 5 heteroatoms. The van der Waals surface area contributed by atoms with Gasteiger partial charge in [0.05, 0.1) is 12.6 Å². The quantitative estimate of drug-likeness (QED) is 0.373. The molecule has 0 radical (unpaired) electrons. The van der Waals surface area contributed by atoms with Gasteiger partial charge in [-0.1, -0.05) is 54.0 Å². The van der Waals surface area contributed by atoms with E-state index in [-0.39, 0.29) is 56.9 Å². The van der Waals surface area contributed by atoms with Crippen LogP contribution in [0.4, 0.5) is 0 Å². The highest BCUT2D eigenvalue weighted by molar-refractivity contribution is 5.95. The van der Waals surface area contributed by atoms with E-state index in [4.69, 9.17) is 10.6 Å². The number of nitrogens with zero attached hydrogens (tertiary/aromatic N) is 1. The van der Waals surface area contributed by atoms with Gasteiger partial charge in [0.15, 0.2) is 5.78 Å². The number of carbonyl (C=O) groups is 2. The fraction of sp³-hybridized carbons (Fsp3) is 0.886. The molecule has 2 N–H and O–H groups in total. The summed E-state index contributed by atoms with van der Waals surface area (Å²) in [7, 11) is 0. The summed E-state index contributed by atoms with van der Waals surface area (Å²) in [5, 5.41) is 1.74. The topological polar surface area (TPSA) is 72.6 Å². The minimum atomic E-state index is -0.449. The second kappa shape index (κ2) is 8.91. The Kier molecular flexibility index (Phi) is 6.44. The summed E-state index contributed by atoms with van der Waals surface area (Å²) in [6.07, 6.45) is 13.6. The fourth-order valence-electron chi connectivity index (χ4n) is 11.5. The van der Waals surface area contributed by atoms with Gasteiger partial charge in [-0.2, -0.15) is 0 Å². The Morgan fingerprint density at radius 1 is 0.950 bits per heavy atom. The van der Waals surface area contributed by atoms with Gasteiger partial charge in [-0.05, 0) is 123 Å². The third-order valence-electron chi connectivity index (χ3n) is 14.6. The Morgan fingerprint density at radius 2 is 1.62 bits per heavy atom. The van der Waals surface area contributed by atoms with E-state index in [9.17, 15) is 9.59 Å². The third-order valence-corrected chi connectivity index (χ3v) is 14.6. The highest BCUT2D eigenvalue weighted by Gasteiger charge is 2.70. The summed E-state index contributed by atoms with van der Waals surface area (Å²) in [5.74, 6) is 1.32. The maximum absolute atomic E-state index is 14.5. The summed E-state index contributed by atoms with van der Waals surface area (Å²) >= 11 is 0. The van der Waals surface area contributed by atoms with Gasteiger partial charge in [0.1, 0.15) is 0 Å². The van der Waals surface area contributed by atoms with Crippen molar-refractivity contribution in [2.24, 2.45) is 56.0 Å². The van der Waals surface area contributed by atoms with Crippen LogP contribution < -0.4 is 5.73 Å². The molecule has 0 aromatic rings. The molecule has 5 saturated carbocycles. The molecule has 5 nitrogen and oxygen atoms in total. The van der Waals surface area contributed by atoms with Crippen molar-refractivity contribution in [3.8, 4) is 0 Å². The normalized spacial score (nSPS) is 49.6. The number of hydrogen-bond donors (Lipinski definition) is 1. The van der Waals surface area contributed by atoms with Crippen molar-refractivity contribution in [1.82, 2.24) is 5.06 Å². The lowest BCUT2D eigenvalue weighted by atomic mass is 9.33. The number of hydrogen-bond acceptors (Lipinski definition) is 4. The van der Waals surface area contributed by atoms with Gasteiger partial charge in [0.25, 0.3) is 5.91 Å². The molecule has 0 spiro atoms. The zero-order valence-electron chi connectivity index (χ0n) is 26.7. The molecular formula is C35H56N2O3. The molecule has 6 aliphatic carbocycles. The number of hydroxylamine groups is 2. The van der Waals surface area contributed by atoms with Crippen molar-refractivity contribution in [3.05, 3.63) is 11.6 Å². The van der Waals surface area contributed by atoms with Crippen molar-refractivity contribution >= 4 is 11.7 Å². The van der Waals surface area contributed by atoms with Crippen LogP contribution in [0, 0.1) is 50.2 Å². The van der Waals surface area contributed by atoms with Gasteiger partial charge in [0.2, 0.25) is 0 Å². The maximum Gasteiger partial charge on any atom is 0.252 e. The first-order chi connectivity index (χ1) is 18.6. The van der Waals surface area contributed by atoms with E-state index in [0.29, 0.717) is 18.3 Å². The van der Waals surface area contributed by atoms with Crippen molar-refractivity contribution in [3.63, 3.8) is 0 Å². The number of rotatable bonds is 4. The Balaban J connectivity index is 1.39. The van der Waals surface area contributed by atoms with Gasteiger partial charge in [-0.3, -0.25) is 14.4 Å². The van der Waals surface area contributed by atoms with Gasteiger partial charge in [-0.15, -0.1) is 0 Å². The van der Waals surface area contributed by atoms with Crippen LogP contribution in [-0.2, 0) is 14.4 Å². The Hall–Kier alpha value is -1.20. The molecule has 1 unspecified atom stereocenters. The Morgan fingerprint density at radius 3 is 2.27 bits per heavy atom. The van der Waals surface area contributed by atoms with Gasteiger partial charge in [-0.25, -0.2) is 5.06 Å². The van der Waals surface area contributed by atoms with Crippen LogP contribution in [0.2, 0.25) is 0 Å². The molecule has 0 bridgehead atoms. The molecule has 9 atom stereocenters. The van der Waals surface area contributed by atoms with E-state index < -0.39 is 5.41 Å². The highest BCUT2D eigenvalue weighted by Crippen LogP contribution is 2.75. The molecule has 6 aliphatic rings. The lowest BCUT2D eigenvalue weighted by molar-refractivity contribution is -0.205. The number of nitrogens with two attached hydrogens (primary N) is 1. The molecule has 0 aliphatic heterocycles. The Labute approximate surface area is 243 Å². The van der Waals surface area contributed by atoms with Crippen LogP contribution in [-0.4, -0.2) is 35.4 Å². The average Bonchev–Trinajstić information content (AvgIpc) is 3.72. The van der Waals surface area contributed by atoms with E-state index in [0.717, 1.165) is 64.2 Å². The summed E-state index contributed by atoms with van der Waals surface area (Å²) in [4.78, 5) is 34.5. The smallest absolute Gasteiger partial charge is 0.252 e. The predicted octanol–water partition coefficient (Wildman–Crippen LogP) is 7.24. The van der Waals surface area contributed by atoms with E-state index in [2.05, 4.69) is 54.5 Å². The number of carbonyl (C=O) groups excluding carboxylic acids is 2. The molecule has 0 heterocycles. The molecular weight excluding hydrogens is 496 g/mol. The molecule has 1 amide bonds. The number of amides is 1. The van der Waals surface area contributed by atoms with Crippen molar-refractivity contribution in [2.75, 3.05) is 6.61 Å². The van der Waals surface area contributed by atoms with E-state index in [1.54, 1.807) is 5.06 Å². The van der Waals surface area contributed by atoms with Crippen LogP contribution >= 0.6 is 0 Å². The second-order valence-electron chi connectivity index (χ2n) is 17.0. The van der Waals surface area contributed by atoms with Crippen LogP contribution in [0.1, 0.15) is 126 Å². The molecule has 0 aromatic carbocycles. The summed E-state index contributed by atoms with van der Waals surface area (Å²) in [6.45, 7) is 19.3. The number of ketones is 1. The zero-order chi connectivity index (χ0) is 29.1. The van der Waals surface area contributed by atoms with Crippen LogP contribution in [0.25, 0.3) is 0 Å². The highest BCUT2D eigenvalue weighted by atomic mass is 16.7. The fourth-order valence-corrected chi connectivity index (χ4v) is 11.5. The first kappa shape index (κ1) is 28.9. The summed E-state index contributed by atoms with van der Waals surface area (Å²) < 4.78 is 0.